The number of carbonyl (C=O) groups is 2. The van der Waals surface area contributed by atoms with Crippen LogP contribution in [0.1, 0.15) is 32.5 Å². The average Bonchev–Trinajstić information content (AvgIpc) is 3.04. The van der Waals surface area contributed by atoms with Crippen LogP contribution < -0.4 is 0 Å². The summed E-state index contributed by atoms with van der Waals surface area (Å²) in [6, 6.07) is -0.476. The van der Waals surface area contributed by atoms with E-state index < -0.39 is 6.04 Å². The summed E-state index contributed by atoms with van der Waals surface area (Å²) >= 11 is 5.88. The molecule has 0 bridgehead atoms. The molecule has 1 aromatic rings. The van der Waals surface area contributed by atoms with E-state index in [1.54, 1.807) is 16.5 Å². The van der Waals surface area contributed by atoms with E-state index in [-0.39, 0.29) is 24.4 Å². The van der Waals surface area contributed by atoms with Gasteiger partial charge in [0.25, 0.3) is 0 Å². The van der Waals surface area contributed by atoms with E-state index in [9.17, 15) is 9.59 Å². The van der Waals surface area contributed by atoms with Crippen LogP contribution in [0.25, 0.3) is 0 Å². The van der Waals surface area contributed by atoms with Gasteiger partial charge in [-0.25, -0.2) is 9.78 Å². The molecule has 0 aromatic carbocycles. The van der Waals surface area contributed by atoms with Gasteiger partial charge in [-0.1, -0.05) is 25.4 Å². The first-order valence-electron chi connectivity index (χ1n) is 7.05. The van der Waals surface area contributed by atoms with Crippen LogP contribution in [0.5, 0.6) is 0 Å². The zero-order valence-electron chi connectivity index (χ0n) is 12.5. The lowest BCUT2D eigenvalue weighted by molar-refractivity contribution is -0.155. The van der Waals surface area contributed by atoms with E-state index in [2.05, 4.69) is 4.98 Å². The second-order valence-electron chi connectivity index (χ2n) is 5.51. The first kappa shape index (κ1) is 15.8. The number of hydrogen-bond donors (Lipinski definition) is 0. The highest BCUT2D eigenvalue weighted by molar-refractivity contribution is 6.29. The van der Waals surface area contributed by atoms with Crippen molar-refractivity contribution in [2.45, 2.75) is 39.3 Å². The normalized spacial score (nSPS) is 18.3. The van der Waals surface area contributed by atoms with E-state index in [1.807, 2.05) is 13.8 Å². The lowest BCUT2D eigenvalue weighted by atomic mass is 10.1. The molecule has 0 spiro atoms. The number of esters is 1. The van der Waals surface area contributed by atoms with Gasteiger partial charge in [-0.05, 0) is 12.8 Å². The second kappa shape index (κ2) is 6.47. The van der Waals surface area contributed by atoms with Crippen LogP contribution in [-0.2, 0) is 28.0 Å². The molecule has 2 heterocycles. The molecular weight excluding hydrogens is 294 g/mol. The number of likely N-dealkylation sites (tertiary alicyclic amines) is 1. The highest BCUT2D eigenvalue weighted by Gasteiger charge is 2.36. The van der Waals surface area contributed by atoms with Gasteiger partial charge in [-0.15, -0.1) is 0 Å². The van der Waals surface area contributed by atoms with Gasteiger partial charge in [0.05, 0.1) is 6.20 Å². The van der Waals surface area contributed by atoms with Crippen molar-refractivity contribution >= 4 is 23.5 Å². The Kier molecular flexibility index (Phi) is 4.88. The van der Waals surface area contributed by atoms with Crippen LogP contribution in [0.15, 0.2) is 6.20 Å². The summed E-state index contributed by atoms with van der Waals surface area (Å²) in [7, 11) is 1.75. The number of imidazole rings is 1. The number of nitrogens with zero attached hydrogens (tertiary/aromatic N) is 3. The standard InChI is InChI=1S/C14H20ClN3O3/c1-9(2)13(19)18-6-4-5-10(18)14(20)21-8-12-16-7-11(15)17(12)3/h7,9-10H,4-6,8H2,1-3H3. The Hall–Kier alpha value is -1.56. The van der Waals surface area contributed by atoms with Gasteiger partial charge in [-0.3, -0.25) is 4.79 Å². The van der Waals surface area contributed by atoms with Crippen molar-refractivity contribution in [2.75, 3.05) is 6.54 Å². The maximum atomic E-state index is 12.2. The maximum Gasteiger partial charge on any atom is 0.329 e. The van der Waals surface area contributed by atoms with E-state index in [0.717, 1.165) is 6.42 Å². The Morgan fingerprint density at radius 1 is 1.52 bits per heavy atom. The molecule has 1 fully saturated rings. The monoisotopic (exact) mass is 313 g/mol. The number of ether oxygens (including phenoxy) is 1. The van der Waals surface area contributed by atoms with Crippen molar-refractivity contribution in [1.82, 2.24) is 14.5 Å². The molecule has 6 nitrogen and oxygen atoms in total. The van der Waals surface area contributed by atoms with E-state index in [1.165, 1.54) is 6.20 Å². The van der Waals surface area contributed by atoms with Crippen LogP contribution in [-0.4, -0.2) is 38.9 Å². The minimum Gasteiger partial charge on any atom is -0.456 e. The van der Waals surface area contributed by atoms with E-state index in [0.29, 0.717) is 23.9 Å². The highest BCUT2D eigenvalue weighted by atomic mass is 35.5. The molecule has 1 amide bonds. The summed E-state index contributed by atoms with van der Waals surface area (Å²) in [5.41, 5.74) is 0. The number of hydrogen-bond acceptors (Lipinski definition) is 4. The van der Waals surface area contributed by atoms with E-state index in [4.69, 9.17) is 16.3 Å². The number of halogens is 1. The quantitative estimate of drug-likeness (QED) is 0.795. The van der Waals surface area contributed by atoms with Gasteiger partial charge in [0.2, 0.25) is 5.91 Å². The summed E-state index contributed by atoms with van der Waals surface area (Å²) in [6.07, 6.45) is 2.99. The summed E-state index contributed by atoms with van der Waals surface area (Å²) in [4.78, 5) is 30.0. The lowest BCUT2D eigenvalue weighted by Gasteiger charge is -2.24. The summed E-state index contributed by atoms with van der Waals surface area (Å²) in [5.74, 6) is 0.0786. The van der Waals surface area contributed by atoms with Crippen LogP contribution in [0, 0.1) is 5.92 Å². The molecular formula is C14H20ClN3O3. The largest absolute Gasteiger partial charge is 0.456 e. The summed E-state index contributed by atoms with van der Waals surface area (Å²) < 4.78 is 6.94. The molecule has 1 aliphatic heterocycles. The van der Waals surface area contributed by atoms with E-state index >= 15 is 0 Å². The Morgan fingerprint density at radius 2 is 2.24 bits per heavy atom. The molecule has 1 aromatic heterocycles. The number of aromatic nitrogens is 2. The Labute approximate surface area is 129 Å². The first-order chi connectivity index (χ1) is 9.91. The zero-order chi connectivity index (χ0) is 15.6. The SMILES string of the molecule is CC(C)C(=O)N1CCCC1C(=O)OCc1ncc(Cl)n1C. The fourth-order valence-electron chi connectivity index (χ4n) is 2.40. The van der Waals surface area contributed by atoms with Crippen LogP contribution in [0.3, 0.4) is 0 Å². The van der Waals surface area contributed by atoms with Crippen molar-refractivity contribution < 1.29 is 14.3 Å². The summed E-state index contributed by atoms with van der Waals surface area (Å²) in [6.45, 7) is 4.34. The van der Waals surface area contributed by atoms with Gasteiger partial charge < -0.3 is 14.2 Å². The Balaban J connectivity index is 1.96. The van der Waals surface area contributed by atoms with Gasteiger partial charge >= 0.3 is 5.97 Å². The zero-order valence-corrected chi connectivity index (χ0v) is 13.3. The van der Waals surface area contributed by atoms with Crippen molar-refractivity contribution in [1.29, 1.82) is 0 Å². The van der Waals surface area contributed by atoms with Crippen LogP contribution in [0.2, 0.25) is 5.15 Å². The molecule has 2 rings (SSSR count). The van der Waals surface area contributed by atoms with Crippen molar-refractivity contribution in [3.05, 3.63) is 17.2 Å². The highest BCUT2D eigenvalue weighted by Crippen LogP contribution is 2.21. The van der Waals surface area contributed by atoms with Crippen LogP contribution >= 0.6 is 11.6 Å². The van der Waals surface area contributed by atoms with Crippen molar-refractivity contribution in [3.8, 4) is 0 Å². The van der Waals surface area contributed by atoms with Gasteiger partial charge in [0.1, 0.15) is 23.6 Å². The topological polar surface area (TPSA) is 64.4 Å². The Bertz CT molecular complexity index is 542. The third kappa shape index (κ3) is 3.37. The number of carbonyl (C=O) groups excluding carboxylic acids is 2. The minimum atomic E-state index is -0.476. The summed E-state index contributed by atoms with van der Waals surface area (Å²) in [5, 5.41) is 0.485. The predicted molar refractivity (Wildman–Crippen MR) is 77.6 cm³/mol. The molecule has 0 radical (unpaired) electrons. The Morgan fingerprint density at radius 3 is 2.81 bits per heavy atom. The average molecular weight is 314 g/mol. The number of amides is 1. The third-order valence-corrected chi connectivity index (χ3v) is 4.02. The molecule has 21 heavy (non-hydrogen) atoms. The van der Waals surface area contributed by atoms with Crippen molar-refractivity contribution in [3.63, 3.8) is 0 Å². The molecule has 1 saturated heterocycles. The lowest BCUT2D eigenvalue weighted by Crippen LogP contribution is -2.43. The molecule has 7 heteroatoms. The van der Waals surface area contributed by atoms with Gasteiger partial charge in [0, 0.05) is 19.5 Å². The van der Waals surface area contributed by atoms with Gasteiger partial charge in [-0.2, -0.15) is 0 Å². The predicted octanol–water partition coefficient (Wildman–Crippen LogP) is 1.76. The third-order valence-electron chi connectivity index (χ3n) is 3.67. The molecule has 1 atom stereocenters. The molecule has 0 aliphatic carbocycles. The van der Waals surface area contributed by atoms with Gasteiger partial charge in [0.15, 0.2) is 0 Å². The van der Waals surface area contributed by atoms with Crippen molar-refractivity contribution in [2.24, 2.45) is 13.0 Å². The fraction of sp³-hybridized carbons (Fsp3) is 0.643. The molecule has 116 valence electrons. The first-order valence-corrected chi connectivity index (χ1v) is 7.42. The molecule has 0 saturated carbocycles. The second-order valence-corrected chi connectivity index (χ2v) is 5.90. The molecule has 1 unspecified atom stereocenters. The number of rotatable bonds is 4. The fourth-order valence-corrected chi connectivity index (χ4v) is 2.54. The minimum absolute atomic E-state index is 0.00511. The van der Waals surface area contributed by atoms with Crippen LogP contribution in [0.4, 0.5) is 0 Å². The molecule has 0 N–H and O–H groups in total. The maximum absolute atomic E-state index is 12.2. The smallest absolute Gasteiger partial charge is 0.329 e. The molecule has 1 aliphatic rings.